The van der Waals surface area contributed by atoms with Crippen LogP contribution >= 0.6 is 7.29 Å². The van der Waals surface area contributed by atoms with Crippen LogP contribution in [-0.4, -0.2) is 43.2 Å². The first-order chi connectivity index (χ1) is 14.6. The average molecular weight is 426 g/mol. The van der Waals surface area contributed by atoms with Crippen LogP contribution in [0.4, 0.5) is 0 Å². The predicted octanol–water partition coefficient (Wildman–Crippen LogP) is 4.77. The Bertz CT molecular complexity index is 832. The lowest BCUT2D eigenvalue weighted by Crippen LogP contribution is -2.43. The van der Waals surface area contributed by atoms with Crippen molar-refractivity contribution in [2.24, 2.45) is 0 Å². The number of amides is 1. The average Bonchev–Trinajstić information content (AvgIpc) is 3.11. The number of nitrogens with one attached hydrogen (secondary N) is 1. The van der Waals surface area contributed by atoms with Crippen molar-refractivity contribution >= 4 is 13.2 Å². The number of hydrogen-bond acceptors (Lipinski definition) is 3. The lowest BCUT2D eigenvalue weighted by atomic mass is 10.0. The Labute approximate surface area is 179 Å². The van der Waals surface area contributed by atoms with Gasteiger partial charge < -0.3 is 14.2 Å². The molecule has 1 N–H and O–H groups in total. The molecule has 2 aromatic carbocycles. The molecule has 6 heteroatoms. The van der Waals surface area contributed by atoms with Gasteiger partial charge in [0, 0.05) is 25.6 Å². The molecule has 2 heterocycles. The highest BCUT2D eigenvalue weighted by Crippen LogP contribution is 2.74. The second-order valence-electron chi connectivity index (χ2n) is 8.37. The zero-order chi connectivity index (χ0) is 21.0. The third-order valence-electron chi connectivity index (χ3n) is 6.28. The second-order valence-corrected chi connectivity index (χ2v) is 11.3. The van der Waals surface area contributed by atoms with E-state index < -0.39 is 7.29 Å². The summed E-state index contributed by atoms with van der Waals surface area (Å²) in [6, 6.07) is 20.2. The van der Waals surface area contributed by atoms with Crippen LogP contribution in [-0.2, 0) is 14.1 Å². The lowest BCUT2D eigenvalue weighted by molar-refractivity contribution is -0.135. The molecule has 2 aromatic rings. The van der Waals surface area contributed by atoms with Crippen LogP contribution in [0.2, 0.25) is 0 Å². The highest BCUT2D eigenvalue weighted by atomic mass is 31.2. The molecule has 3 atom stereocenters. The van der Waals surface area contributed by atoms with E-state index in [1.165, 1.54) is 0 Å². The summed E-state index contributed by atoms with van der Waals surface area (Å²) in [7, 11) is -2.83. The first-order valence-corrected chi connectivity index (χ1v) is 12.7. The first kappa shape index (κ1) is 21.3. The normalized spacial score (nSPS) is 24.5. The molecule has 2 aliphatic rings. The molecule has 5 nitrogen and oxygen atoms in total. The number of carbonyl (C=O) groups excluding carboxylic acids is 1. The summed E-state index contributed by atoms with van der Waals surface area (Å²) in [5.74, 6) is 0.108. The molecule has 0 saturated carbocycles. The Hall–Kier alpha value is -1.94. The zero-order valence-corrected chi connectivity index (χ0v) is 18.5. The van der Waals surface area contributed by atoms with Crippen molar-refractivity contribution in [2.75, 3.05) is 26.3 Å². The number of nitrogens with zero attached hydrogens (tertiary/aromatic N) is 1. The Morgan fingerprint density at radius 2 is 1.50 bits per heavy atom. The third kappa shape index (κ3) is 4.54. The number of rotatable bonds is 6. The van der Waals surface area contributed by atoms with Crippen LogP contribution in [0.1, 0.15) is 48.6 Å². The van der Waals surface area contributed by atoms with Gasteiger partial charge in [0.15, 0.2) is 7.29 Å². The van der Waals surface area contributed by atoms with Gasteiger partial charge >= 0.3 is 0 Å². The molecule has 0 radical (unpaired) electrons. The van der Waals surface area contributed by atoms with Crippen molar-refractivity contribution in [1.82, 2.24) is 9.99 Å². The zero-order valence-electron chi connectivity index (χ0n) is 17.6. The van der Waals surface area contributed by atoms with Gasteiger partial charge in [-0.3, -0.25) is 9.88 Å². The minimum Gasteiger partial charge on any atom is -0.378 e. The van der Waals surface area contributed by atoms with E-state index in [4.69, 9.17) is 4.74 Å². The van der Waals surface area contributed by atoms with Gasteiger partial charge in [-0.05, 0) is 30.9 Å². The maximum absolute atomic E-state index is 14.6. The summed E-state index contributed by atoms with van der Waals surface area (Å²) in [5, 5.41) is 3.50. The van der Waals surface area contributed by atoms with Gasteiger partial charge in [0.25, 0.3) is 0 Å². The van der Waals surface area contributed by atoms with Crippen LogP contribution in [0.15, 0.2) is 60.7 Å². The van der Waals surface area contributed by atoms with Gasteiger partial charge in [-0.1, -0.05) is 60.7 Å². The Balaban J connectivity index is 1.56. The summed E-state index contributed by atoms with van der Waals surface area (Å²) < 4.78 is 19.9. The number of ether oxygens (including phenoxy) is 1. The first-order valence-electron chi connectivity index (χ1n) is 10.9. The Kier molecular flexibility index (Phi) is 6.72. The SMILES string of the molecule is C[C@@H](CC(=O)N1CCOCC1)NP1(=O)[C@H](c2ccccc2)CC[C@H]1c1ccccc1. The molecule has 0 unspecified atom stereocenters. The molecule has 2 saturated heterocycles. The van der Waals surface area contributed by atoms with Gasteiger partial charge in [-0.15, -0.1) is 0 Å². The van der Waals surface area contributed by atoms with Gasteiger partial charge in [-0.25, -0.2) is 0 Å². The highest BCUT2D eigenvalue weighted by molar-refractivity contribution is 7.63. The lowest BCUT2D eigenvalue weighted by Gasteiger charge is -2.32. The van der Waals surface area contributed by atoms with E-state index in [9.17, 15) is 9.36 Å². The maximum Gasteiger partial charge on any atom is 0.224 e. The van der Waals surface area contributed by atoms with E-state index in [-0.39, 0.29) is 23.3 Å². The van der Waals surface area contributed by atoms with Gasteiger partial charge in [0.05, 0.1) is 24.5 Å². The molecular formula is C24H31N2O3P. The summed E-state index contributed by atoms with van der Waals surface area (Å²) in [4.78, 5) is 14.6. The molecule has 4 rings (SSSR count). The van der Waals surface area contributed by atoms with E-state index in [1.807, 2.05) is 48.2 Å². The maximum atomic E-state index is 14.6. The van der Waals surface area contributed by atoms with Crippen LogP contribution in [0.3, 0.4) is 0 Å². The summed E-state index contributed by atoms with van der Waals surface area (Å²) in [6.07, 6.45) is 2.13. The molecule has 2 fully saturated rings. The van der Waals surface area contributed by atoms with E-state index in [1.54, 1.807) is 0 Å². The van der Waals surface area contributed by atoms with Crippen LogP contribution in [0.25, 0.3) is 0 Å². The van der Waals surface area contributed by atoms with E-state index in [0.717, 1.165) is 24.0 Å². The number of hydrogen-bond donors (Lipinski definition) is 1. The third-order valence-corrected chi connectivity index (χ3v) is 10.1. The molecule has 160 valence electrons. The van der Waals surface area contributed by atoms with Crippen molar-refractivity contribution < 1.29 is 14.1 Å². The molecule has 0 bridgehead atoms. The molecule has 0 aromatic heterocycles. The highest BCUT2D eigenvalue weighted by Gasteiger charge is 2.48. The molecule has 1 amide bonds. The van der Waals surface area contributed by atoms with E-state index in [2.05, 4.69) is 29.4 Å². The smallest absolute Gasteiger partial charge is 0.224 e. The van der Waals surface area contributed by atoms with Crippen LogP contribution in [0, 0.1) is 0 Å². The Morgan fingerprint density at radius 3 is 2.00 bits per heavy atom. The van der Waals surface area contributed by atoms with Crippen molar-refractivity contribution in [1.29, 1.82) is 0 Å². The largest absolute Gasteiger partial charge is 0.378 e. The predicted molar refractivity (Wildman–Crippen MR) is 120 cm³/mol. The van der Waals surface area contributed by atoms with E-state index in [0.29, 0.717) is 32.7 Å². The van der Waals surface area contributed by atoms with Gasteiger partial charge in [-0.2, -0.15) is 0 Å². The van der Waals surface area contributed by atoms with Crippen LogP contribution < -0.4 is 5.09 Å². The van der Waals surface area contributed by atoms with Crippen molar-refractivity contribution in [3.63, 3.8) is 0 Å². The van der Waals surface area contributed by atoms with Crippen molar-refractivity contribution in [2.45, 2.75) is 43.5 Å². The molecule has 2 aliphatic heterocycles. The minimum atomic E-state index is -2.83. The van der Waals surface area contributed by atoms with Crippen molar-refractivity contribution in [3.8, 4) is 0 Å². The monoisotopic (exact) mass is 426 g/mol. The molecule has 0 spiro atoms. The number of morpholine rings is 1. The van der Waals surface area contributed by atoms with Crippen molar-refractivity contribution in [3.05, 3.63) is 71.8 Å². The standard InChI is InChI=1S/C24H31N2O3P/c1-19(18-24(27)26-14-16-29-17-15-26)25-30(28)22(20-8-4-2-5-9-20)12-13-23(30)21-10-6-3-7-11-21/h2-11,19,22-23H,12-18H2,1H3,(H,25,28)/t19-,22-,23-/m0/s1. The van der Waals surface area contributed by atoms with Gasteiger partial charge in [0.1, 0.15) is 0 Å². The fourth-order valence-corrected chi connectivity index (χ4v) is 8.69. The number of carbonyl (C=O) groups is 1. The summed E-state index contributed by atoms with van der Waals surface area (Å²) >= 11 is 0. The quantitative estimate of drug-likeness (QED) is 0.676. The fraction of sp³-hybridized carbons (Fsp3) is 0.458. The van der Waals surface area contributed by atoms with Crippen LogP contribution in [0.5, 0.6) is 0 Å². The second kappa shape index (κ2) is 9.47. The molecule has 30 heavy (non-hydrogen) atoms. The van der Waals surface area contributed by atoms with E-state index >= 15 is 0 Å². The molecule has 0 aliphatic carbocycles. The molecular weight excluding hydrogens is 395 g/mol. The summed E-state index contributed by atoms with van der Waals surface area (Å²) in [6.45, 7) is 4.46. The Morgan fingerprint density at radius 1 is 1.00 bits per heavy atom. The topological polar surface area (TPSA) is 58.6 Å². The number of benzene rings is 2. The van der Waals surface area contributed by atoms with Gasteiger partial charge in [0.2, 0.25) is 5.91 Å². The summed E-state index contributed by atoms with van der Waals surface area (Å²) in [5.41, 5.74) is 2.20. The fourth-order valence-electron chi connectivity index (χ4n) is 4.82. The minimum absolute atomic E-state index is 0.0233.